The van der Waals surface area contributed by atoms with Crippen LogP contribution in [0.3, 0.4) is 0 Å². The average molecular weight is 279 g/mol. The van der Waals surface area contributed by atoms with E-state index < -0.39 is 22.2 Å². The van der Waals surface area contributed by atoms with Gasteiger partial charge in [0, 0.05) is 13.1 Å². The maximum atomic E-state index is 12.0. The van der Waals surface area contributed by atoms with Crippen LogP contribution in [-0.4, -0.2) is 56.5 Å². The number of piperidine rings is 1. The number of carboxylic acids is 1. The first-order chi connectivity index (χ1) is 8.49. The van der Waals surface area contributed by atoms with Crippen LogP contribution >= 0.6 is 0 Å². The molecule has 0 aromatic heterocycles. The summed E-state index contributed by atoms with van der Waals surface area (Å²) in [4.78, 5) is 11.0. The monoisotopic (exact) mass is 279 g/mol. The van der Waals surface area contributed by atoms with Crippen LogP contribution in [0.2, 0.25) is 0 Å². The van der Waals surface area contributed by atoms with Crippen molar-refractivity contribution in [2.45, 2.75) is 31.7 Å². The van der Waals surface area contributed by atoms with Gasteiger partial charge in [0.1, 0.15) is 6.04 Å². The molecule has 0 aromatic rings. The number of rotatable bonds is 7. The predicted molar refractivity (Wildman–Crippen MR) is 67.4 cm³/mol. The summed E-state index contributed by atoms with van der Waals surface area (Å²) in [5, 5.41) is 12.0. The molecule has 1 rings (SSSR count). The van der Waals surface area contributed by atoms with Gasteiger partial charge in [-0.05, 0) is 39.3 Å². The lowest BCUT2D eigenvalue weighted by molar-refractivity contribution is -0.142. The Bertz CT molecular complexity index is 371. The molecule has 0 spiro atoms. The van der Waals surface area contributed by atoms with Gasteiger partial charge in [0.25, 0.3) is 10.2 Å². The Kier molecular flexibility index (Phi) is 6.00. The number of aliphatic carboxylic acids is 1. The van der Waals surface area contributed by atoms with Gasteiger partial charge in [-0.2, -0.15) is 12.7 Å². The predicted octanol–water partition coefficient (Wildman–Crippen LogP) is -0.631. The van der Waals surface area contributed by atoms with Crippen molar-refractivity contribution in [3.05, 3.63) is 0 Å². The number of nitrogens with one attached hydrogen (secondary N) is 2. The fourth-order valence-electron chi connectivity index (χ4n) is 1.99. The van der Waals surface area contributed by atoms with E-state index in [-0.39, 0.29) is 6.54 Å². The van der Waals surface area contributed by atoms with Crippen molar-refractivity contribution in [3.8, 4) is 0 Å². The SMILES string of the molecule is CNCCCNS(=O)(=O)N1CCCCC1C(=O)O. The molecule has 106 valence electrons. The van der Waals surface area contributed by atoms with Crippen molar-refractivity contribution >= 4 is 16.2 Å². The summed E-state index contributed by atoms with van der Waals surface area (Å²) >= 11 is 0. The zero-order valence-electron chi connectivity index (χ0n) is 10.6. The summed E-state index contributed by atoms with van der Waals surface area (Å²) in [6.07, 6.45) is 2.51. The first kappa shape index (κ1) is 15.4. The second-order valence-corrected chi connectivity index (χ2v) is 6.02. The first-order valence-electron chi connectivity index (χ1n) is 6.13. The van der Waals surface area contributed by atoms with Gasteiger partial charge in [0.2, 0.25) is 0 Å². The van der Waals surface area contributed by atoms with Crippen molar-refractivity contribution in [1.82, 2.24) is 14.3 Å². The van der Waals surface area contributed by atoms with Gasteiger partial charge < -0.3 is 10.4 Å². The molecular weight excluding hydrogens is 258 g/mol. The van der Waals surface area contributed by atoms with Crippen molar-refractivity contribution in [1.29, 1.82) is 0 Å². The lowest BCUT2D eigenvalue weighted by Gasteiger charge is -2.31. The highest BCUT2D eigenvalue weighted by Crippen LogP contribution is 2.19. The van der Waals surface area contributed by atoms with Crippen LogP contribution in [0.25, 0.3) is 0 Å². The number of hydrogen-bond acceptors (Lipinski definition) is 4. The Hall–Kier alpha value is -0.700. The minimum Gasteiger partial charge on any atom is -0.480 e. The number of carbonyl (C=O) groups is 1. The minimum absolute atomic E-state index is 0.276. The average Bonchev–Trinajstić information content (AvgIpc) is 2.35. The molecule has 8 heteroatoms. The molecule has 7 nitrogen and oxygen atoms in total. The molecule has 3 N–H and O–H groups in total. The van der Waals surface area contributed by atoms with E-state index in [9.17, 15) is 13.2 Å². The van der Waals surface area contributed by atoms with Gasteiger partial charge in [-0.25, -0.2) is 4.72 Å². The van der Waals surface area contributed by atoms with Crippen LogP contribution in [0.15, 0.2) is 0 Å². The molecule has 0 aromatic carbocycles. The number of carboxylic acid groups (broad SMARTS) is 1. The van der Waals surface area contributed by atoms with Crippen molar-refractivity contribution < 1.29 is 18.3 Å². The van der Waals surface area contributed by atoms with Crippen LogP contribution in [0.5, 0.6) is 0 Å². The summed E-state index contributed by atoms with van der Waals surface area (Å²) in [6, 6.07) is -0.930. The molecular formula is C10H21N3O4S. The maximum Gasteiger partial charge on any atom is 0.322 e. The molecule has 1 unspecified atom stereocenters. The molecule has 1 fully saturated rings. The third-order valence-corrected chi connectivity index (χ3v) is 4.56. The molecule has 18 heavy (non-hydrogen) atoms. The molecule has 1 atom stereocenters. The minimum atomic E-state index is -3.68. The molecule has 0 saturated carbocycles. The van der Waals surface area contributed by atoms with Gasteiger partial charge in [-0.1, -0.05) is 0 Å². The fraction of sp³-hybridized carbons (Fsp3) is 0.900. The van der Waals surface area contributed by atoms with Crippen LogP contribution in [0, 0.1) is 0 Å². The van der Waals surface area contributed by atoms with Crippen molar-refractivity contribution in [2.24, 2.45) is 0 Å². The van der Waals surface area contributed by atoms with Crippen LogP contribution in [0.4, 0.5) is 0 Å². The van der Waals surface area contributed by atoms with E-state index >= 15 is 0 Å². The third kappa shape index (κ3) is 4.20. The second-order valence-electron chi connectivity index (χ2n) is 4.32. The molecule has 1 saturated heterocycles. The zero-order valence-corrected chi connectivity index (χ0v) is 11.4. The highest BCUT2D eigenvalue weighted by atomic mass is 32.2. The maximum absolute atomic E-state index is 12.0. The van der Waals surface area contributed by atoms with Crippen LogP contribution in [0.1, 0.15) is 25.7 Å². The second kappa shape index (κ2) is 7.03. The van der Waals surface area contributed by atoms with E-state index in [2.05, 4.69) is 10.0 Å². The molecule has 0 amide bonds. The fourth-order valence-corrected chi connectivity index (χ4v) is 3.46. The zero-order chi connectivity index (χ0) is 13.6. The van der Waals surface area contributed by atoms with Gasteiger partial charge >= 0.3 is 5.97 Å². The molecule has 1 aliphatic heterocycles. The van der Waals surface area contributed by atoms with Crippen LogP contribution in [-0.2, 0) is 15.0 Å². The largest absolute Gasteiger partial charge is 0.480 e. The van der Waals surface area contributed by atoms with E-state index in [1.54, 1.807) is 7.05 Å². The van der Waals surface area contributed by atoms with E-state index in [4.69, 9.17) is 5.11 Å². The quantitative estimate of drug-likeness (QED) is 0.539. The standard InChI is InChI=1S/C10H21N3O4S/c1-11-6-4-7-12-18(16,17)13-8-3-2-5-9(13)10(14)15/h9,11-12H,2-8H2,1H3,(H,14,15). The van der Waals surface area contributed by atoms with E-state index in [0.29, 0.717) is 32.4 Å². The highest BCUT2D eigenvalue weighted by molar-refractivity contribution is 7.87. The van der Waals surface area contributed by atoms with Crippen molar-refractivity contribution in [3.63, 3.8) is 0 Å². The van der Waals surface area contributed by atoms with E-state index in [1.165, 1.54) is 0 Å². The summed E-state index contributed by atoms with van der Waals surface area (Å²) in [5.41, 5.74) is 0. The van der Waals surface area contributed by atoms with Gasteiger partial charge in [0.15, 0.2) is 0 Å². The summed E-state index contributed by atoms with van der Waals surface area (Å²) in [5.74, 6) is -1.07. The number of hydrogen-bond donors (Lipinski definition) is 3. The summed E-state index contributed by atoms with van der Waals surface area (Å²) in [6.45, 7) is 1.30. The highest BCUT2D eigenvalue weighted by Gasteiger charge is 2.36. The van der Waals surface area contributed by atoms with Crippen LogP contribution < -0.4 is 10.0 Å². The first-order valence-corrected chi connectivity index (χ1v) is 7.57. The lowest BCUT2D eigenvalue weighted by Crippen LogP contribution is -2.52. The molecule has 1 aliphatic rings. The molecule has 0 radical (unpaired) electrons. The molecule has 1 heterocycles. The molecule has 0 bridgehead atoms. The Labute approximate surface area is 108 Å². The van der Waals surface area contributed by atoms with Gasteiger partial charge in [-0.3, -0.25) is 4.79 Å². The Morgan fingerprint density at radius 3 is 2.72 bits per heavy atom. The van der Waals surface area contributed by atoms with E-state index in [0.717, 1.165) is 10.7 Å². The topological polar surface area (TPSA) is 98.7 Å². The van der Waals surface area contributed by atoms with Crippen molar-refractivity contribution in [2.75, 3.05) is 26.7 Å². The Morgan fingerprint density at radius 2 is 2.11 bits per heavy atom. The third-order valence-electron chi connectivity index (χ3n) is 2.94. The number of nitrogens with zero attached hydrogens (tertiary/aromatic N) is 1. The summed E-state index contributed by atoms with van der Waals surface area (Å²) in [7, 11) is -1.89. The smallest absolute Gasteiger partial charge is 0.322 e. The summed E-state index contributed by atoms with van der Waals surface area (Å²) < 4.78 is 27.5. The Balaban J connectivity index is 2.60. The van der Waals surface area contributed by atoms with Gasteiger partial charge in [0.05, 0.1) is 0 Å². The Morgan fingerprint density at radius 1 is 1.39 bits per heavy atom. The normalized spacial score (nSPS) is 21.9. The molecule has 0 aliphatic carbocycles. The lowest BCUT2D eigenvalue weighted by atomic mass is 10.1. The van der Waals surface area contributed by atoms with E-state index in [1.807, 2.05) is 0 Å². The van der Waals surface area contributed by atoms with Gasteiger partial charge in [-0.15, -0.1) is 0 Å².